The highest BCUT2D eigenvalue weighted by Crippen LogP contribution is 2.14. The molecule has 126 valence electrons. The monoisotopic (exact) mass is 310 g/mol. The van der Waals surface area contributed by atoms with Crippen LogP contribution in [0.5, 0.6) is 0 Å². The van der Waals surface area contributed by atoms with Crippen LogP contribution in [0, 0.1) is 13.8 Å². The Hall–Kier alpha value is -2.08. The minimum Gasteiger partial charge on any atom is -0.0776 e. The summed E-state index contributed by atoms with van der Waals surface area (Å²) in [5.41, 5.74) is 2.64. The van der Waals surface area contributed by atoms with Gasteiger partial charge in [0.15, 0.2) is 0 Å². The Morgan fingerprint density at radius 2 is 0.957 bits per heavy atom. The zero-order valence-corrected chi connectivity index (χ0v) is 14.9. The molecular weight excluding hydrogens is 276 g/mol. The fourth-order valence-corrected chi connectivity index (χ4v) is 1.84. The lowest BCUT2D eigenvalue weighted by Gasteiger charge is -1.96. The average molecular weight is 311 g/mol. The summed E-state index contributed by atoms with van der Waals surface area (Å²) in [5.74, 6) is 0. The van der Waals surface area contributed by atoms with E-state index in [1.807, 2.05) is 45.9 Å². The summed E-state index contributed by atoms with van der Waals surface area (Å²) in [4.78, 5) is 0. The molecule has 0 amide bonds. The second-order valence-electron chi connectivity index (χ2n) is 4.51. The van der Waals surface area contributed by atoms with E-state index in [2.05, 4.69) is 68.4 Å². The van der Waals surface area contributed by atoms with Gasteiger partial charge in [0.25, 0.3) is 0 Å². The lowest BCUT2D eigenvalue weighted by atomic mass is 10.1. The van der Waals surface area contributed by atoms with Crippen molar-refractivity contribution in [3.05, 3.63) is 83.9 Å². The lowest BCUT2D eigenvalue weighted by Crippen LogP contribution is -1.73. The van der Waals surface area contributed by atoms with E-state index in [1.54, 1.807) is 0 Å². The molecule has 0 aliphatic rings. The van der Waals surface area contributed by atoms with Gasteiger partial charge in [-0.2, -0.15) is 0 Å². The Balaban J connectivity index is 0. The van der Waals surface area contributed by atoms with Crippen LogP contribution in [0.25, 0.3) is 10.8 Å². The van der Waals surface area contributed by atoms with Crippen molar-refractivity contribution >= 4 is 10.8 Å². The van der Waals surface area contributed by atoms with Crippen LogP contribution in [0.15, 0.2) is 72.8 Å². The molecule has 0 unspecified atom stereocenters. The molecule has 0 nitrogen and oxygen atoms in total. The van der Waals surface area contributed by atoms with Crippen LogP contribution in [0.1, 0.15) is 46.2 Å². The first-order valence-corrected chi connectivity index (χ1v) is 8.23. The third kappa shape index (κ3) is 9.52. The molecule has 0 aliphatic heterocycles. The summed E-state index contributed by atoms with van der Waals surface area (Å²) < 4.78 is 0. The molecule has 0 radical (unpaired) electrons. The Morgan fingerprint density at radius 1 is 0.478 bits per heavy atom. The van der Waals surface area contributed by atoms with E-state index in [9.17, 15) is 0 Å². The molecule has 0 heterocycles. The maximum atomic E-state index is 2.20. The number of hydrogen-bond acceptors (Lipinski definition) is 0. The minimum absolute atomic E-state index is 0. The zero-order valence-electron chi connectivity index (χ0n) is 14.9. The fourth-order valence-electron chi connectivity index (χ4n) is 1.84. The van der Waals surface area contributed by atoms with Gasteiger partial charge in [0.2, 0.25) is 0 Å². The minimum atomic E-state index is 0. The molecule has 0 fully saturated rings. The largest absolute Gasteiger partial charge is 0.0776 e. The topological polar surface area (TPSA) is 0 Å². The van der Waals surface area contributed by atoms with Gasteiger partial charge in [-0.3, -0.25) is 0 Å². The van der Waals surface area contributed by atoms with Crippen LogP contribution in [0.4, 0.5) is 0 Å². The first-order chi connectivity index (χ1) is 10.8. The Kier molecular flexibility index (Phi) is 15.0. The van der Waals surface area contributed by atoms with Gasteiger partial charge in [-0.15, -0.1) is 0 Å². The average Bonchev–Trinajstić information content (AvgIpc) is 2.60. The van der Waals surface area contributed by atoms with E-state index in [0.717, 1.165) is 0 Å². The summed E-state index contributed by atoms with van der Waals surface area (Å²) in [6.45, 7) is 12.2. The van der Waals surface area contributed by atoms with E-state index < -0.39 is 0 Å². The first kappa shape index (κ1) is 23.2. The third-order valence-electron chi connectivity index (χ3n) is 2.85. The second-order valence-corrected chi connectivity index (χ2v) is 4.51. The molecule has 0 bridgehead atoms. The molecule has 3 aromatic rings. The van der Waals surface area contributed by atoms with Crippen molar-refractivity contribution in [3.8, 4) is 0 Å². The molecule has 0 spiro atoms. The van der Waals surface area contributed by atoms with Crippen molar-refractivity contribution in [2.45, 2.75) is 49.0 Å². The summed E-state index contributed by atoms with van der Waals surface area (Å²) in [7, 11) is 0. The van der Waals surface area contributed by atoms with Gasteiger partial charge in [0.05, 0.1) is 0 Å². The summed E-state index contributed by atoms with van der Waals surface area (Å²) in [6.07, 6.45) is 0. The standard InChI is InChI=1S/C11H10.C7H8.2C2H6.CH4/c1-9-6-7-10-4-2-3-5-11(10)8-9;1-7-5-3-2-4-6-7;2*1-2;/h2-8H,1H3;2-6H,1H3;2*1-2H3;1H4. The number of fused-ring (bicyclic) bond motifs is 1. The molecule has 23 heavy (non-hydrogen) atoms. The SMILES string of the molecule is C.CC.CC.Cc1ccc2ccccc2c1.Cc1ccccc1. The predicted molar refractivity (Wildman–Crippen MR) is 109 cm³/mol. The smallest absolute Gasteiger partial charge is 0.0181 e. The van der Waals surface area contributed by atoms with Crippen LogP contribution < -0.4 is 0 Å². The highest BCUT2D eigenvalue weighted by atomic mass is 13.9. The maximum absolute atomic E-state index is 2.20. The summed E-state index contributed by atoms with van der Waals surface area (Å²) in [6, 6.07) is 25.2. The molecule has 3 rings (SSSR count). The number of rotatable bonds is 0. The highest BCUT2D eigenvalue weighted by Gasteiger charge is 1.89. The van der Waals surface area contributed by atoms with Gasteiger partial charge >= 0.3 is 0 Å². The number of hydrogen-bond donors (Lipinski definition) is 0. The van der Waals surface area contributed by atoms with Gasteiger partial charge in [-0.05, 0) is 24.6 Å². The highest BCUT2D eigenvalue weighted by molar-refractivity contribution is 5.82. The van der Waals surface area contributed by atoms with Gasteiger partial charge in [-0.25, -0.2) is 0 Å². The first-order valence-electron chi connectivity index (χ1n) is 8.23. The Bertz CT molecular complexity index is 609. The molecule has 0 saturated carbocycles. The molecule has 3 aromatic carbocycles. The van der Waals surface area contributed by atoms with Gasteiger partial charge < -0.3 is 0 Å². The van der Waals surface area contributed by atoms with Crippen LogP contribution in [0.2, 0.25) is 0 Å². The van der Waals surface area contributed by atoms with Crippen molar-refractivity contribution in [1.29, 1.82) is 0 Å². The van der Waals surface area contributed by atoms with Crippen molar-refractivity contribution in [3.63, 3.8) is 0 Å². The van der Waals surface area contributed by atoms with Crippen molar-refractivity contribution in [2.75, 3.05) is 0 Å². The Labute approximate surface area is 144 Å². The third-order valence-corrected chi connectivity index (χ3v) is 2.85. The van der Waals surface area contributed by atoms with Crippen LogP contribution >= 0.6 is 0 Å². The van der Waals surface area contributed by atoms with E-state index in [0.29, 0.717) is 0 Å². The van der Waals surface area contributed by atoms with E-state index >= 15 is 0 Å². The zero-order chi connectivity index (χ0) is 16.8. The number of benzene rings is 3. The molecule has 0 N–H and O–H groups in total. The van der Waals surface area contributed by atoms with Crippen molar-refractivity contribution in [1.82, 2.24) is 0 Å². The van der Waals surface area contributed by atoms with Crippen LogP contribution in [0.3, 0.4) is 0 Å². The van der Waals surface area contributed by atoms with E-state index in [1.165, 1.54) is 21.9 Å². The van der Waals surface area contributed by atoms with Crippen molar-refractivity contribution < 1.29 is 0 Å². The van der Waals surface area contributed by atoms with Gasteiger partial charge in [0.1, 0.15) is 0 Å². The fraction of sp³-hybridized carbons (Fsp3) is 0.304. The second kappa shape index (κ2) is 14.8. The molecule has 0 atom stereocenters. The number of aryl methyl sites for hydroxylation is 2. The Morgan fingerprint density at radius 3 is 1.43 bits per heavy atom. The molecule has 0 aromatic heterocycles. The van der Waals surface area contributed by atoms with E-state index in [-0.39, 0.29) is 7.43 Å². The van der Waals surface area contributed by atoms with Gasteiger partial charge in [-0.1, -0.05) is 119 Å². The summed E-state index contributed by atoms with van der Waals surface area (Å²) in [5, 5.41) is 2.64. The molecule has 0 saturated heterocycles. The summed E-state index contributed by atoms with van der Waals surface area (Å²) >= 11 is 0. The molecule has 0 aliphatic carbocycles. The van der Waals surface area contributed by atoms with Crippen LogP contribution in [-0.4, -0.2) is 0 Å². The van der Waals surface area contributed by atoms with Crippen molar-refractivity contribution in [2.24, 2.45) is 0 Å². The quantitative estimate of drug-likeness (QED) is 0.397. The van der Waals surface area contributed by atoms with E-state index in [4.69, 9.17) is 0 Å². The maximum Gasteiger partial charge on any atom is -0.0181 e. The molecular formula is C23H34. The molecule has 0 heteroatoms. The predicted octanol–water partition coefficient (Wildman–Crippen LogP) is 7.83. The van der Waals surface area contributed by atoms with Gasteiger partial charge in [0, 0.05) is 0 Å². The lowest BCUT2D eigenvalue weighted by molar-refractivity contribution is 1.48. The van der Waals surface area contributed by atoms with Crippen LogP contribution in [-0.2, 0) is 0 Å². The normalized spacial score (nSPS) is 8.09.